The number of esters is 2. The molecule has 1 aromatic rings. The average molecular weight is 369 g/mol. The fraction of sp³-hybridized carbons (Fsp3) is 0.471. The lowest BCUT2D eigenvalue weighted by Crippen LogP contribution is -2.34. The lowest BCUT2D eigenvalue weighted by Gasteiger charge is -2.22. The second-order valence-electron chi connectivity index (χ2n) is 6.58. The second-order valence-corrected chi connectivity index (χ2v) is 7.42. The Morgan fingerprint density at radius 1 is 1.25 bits per heavy atom. The molecular formula is C17H14Cl2O5. The number of Topliss-reactive ketones (excluding diaryl/α,β-unsaturated/α-hetero) is 1. The molecule has 1 heterocycles. The minimum Gasteiger partial charge on any atom is -0.462 e. The van der Waals surface area contributed by atoms with E-state index in [2.05, 4.69) is 0 Å². The standard InChI is InChI=1S/C17H14Cl2O5/c18-8-1-2-9(11(19)5-8)12(20)6-23-16(21)14-7-3-10-13(4-7)24-17(22)15(10)14/h1-2,5,7,10,13-15H,3-4,6H2/t7-,10-,13-,14-,15+/m1/s1. The highest BCUT2D eigenvalue weighted by Crippen LogP contribution is 2.57. The molecule has 2 bridgehead atoms. The van der Waals surface area contributed by atoms with E-state index in [-0.39, 0.29) is 34.5 Å². The van der Waals surface area contributed by atoms with Crippen LogP contribution in [0.2, 0.25) is 10.0 Å². The van der Waals surface area contributed by atoms with E-state index in [1.165, 1.54) is 12.1 Å². The molecule has 3 fully saturated rings. The number of ketones is 1. The first-order valence-electron chi connectivity index (χ1n) is 7.81. The zero-order valence-corrected chi connectivity index (χ0v) is 14.0. The molecule has 1 aromatic carbocycles. The predicted molar refractivity (Wildman–Crippen MR) is 84.8 cm³/mol. The lowest BCUT2D eigenvalue weighted by atomic mass is 9.80. The molecule has 5 atom stereocenters. The highest BCUT2D eigenvalue weighted by Gasteiger charge is 2.64. The smallest absolute Gasteiger partial charge is 0.310 e. The number of carbonyl (C=O) groups excluding carboxylic acids is 3. The van der Waals surface area contributed by atoms with Gasteiger partial charge in [0, 0.05) is 16.5 Å². The minimum atomic E-state index is -0.497. The summed E-state index contributed by atoms with van der Waals surface area (Å²) in [6, 6.07) is 4.51. The van der Waals surface area contributed by atoms with Crippen molar-refractivity contribution >= 4 is 40.9 Å². The maximum Gasteiger partial charge on any atom is 0.310 e. The summed E-state index contributed by atoms with van der Waals surface area (Å²) in [4.78, 5) is 36.5. The van der Waals surface area contributed by atoms with Crippen molar-refractivity contribution in [3.8, 4) is 0 Å². The van der Waals surface area contributed by atoms with Crippen LogP contribution in [0.5, 0.6) is 0 Å². The average Bonchev–Trinajstić information content (AvgIpc) is 3.14. The van der Waals surface area contributed by atoms with Gasteiger partial charge in [-0.2, -0.15) is 0 Å². The van der Waals surface area contributed by atoms with Gasteiger partial charge in [-0.1, -0.05) is 23.2 Å². The van der Waals surface area contributed by atoms with Crippen molar-refractivity contribution in [1.29, 1.82) is 0 Å². The van der Waals surface area contributed by atoms with Gasteiger partial charge in [0.25, 0.3) is 0 Å². The molecular weight excluding hydrogens is 355 g/mol. The first-order chi connectivity index (χ1) is 11.5. The Morgan fingerprint density at radius 3 is 2.79 bits per heavy atom. The number of hydrogen-bond acceptors (Lipinski definition) is 5. The van der Waals surface area contributed by atoms with Crippen molar-refractivity contribution in [2.24, 2.45) is 23.7 Å². The fourth-order valence-corrected chi connectivity index (χ4v) is 4.87. The SMILES string of the molecule is O=C(COC(=O)[C@@H]1[C@@H]2C[C@H]3[C@@H]1C(=O)O[C@@H]3C2)c1ccc(Cl)cc1Cl. The molecule has 4 rings (SSSR count). The predicted octanol–water partition coefficient (Wildman–Crippen LogP) is 2.92. The van der Waals surface area contributed by atoms with Gasteiger partial charge in [0.05, 0.1) is 16.9 Å². The number of hydrogen-bond donors (Lipinski definition) is 0. The van der Waals surface area contributed by atoms with E-state index in [0.717, 1.165) is 6.42 Å². The highest BCUT2D eigenvalue weighted by atomic mass is 35.5. The third-order valence-corrected chi connectivity index (χ3v) is 5.88. The van der Waals surface area contributed by atoms with Crippen LogP contribution in [-0.4, -0.2) is 30.4 Å². The maximum absolute atomic E-state index is 12.4. The van der Waals surface area contributed by atoms with Crippen molar-refractivity contribution in [2.75, 3.05) is 6.61 Å². The molecule has 7 heteroatoms. The number of ether oxygens (including phenoxy) is 2. The van der Waals surface area contributed by atoms with Crippen LogP contribution < -0.4 is 0 Å². The van der Waals surface area contributed by atoms with Gasteiger partial charge in [0.15, 0.2) is 6.61 Å². The molecule has 0 aromatic heterocycles. The molecule has 0 radical (unpaired) electrons. The summed E-state index contributed by atoms with van der Waals surface area (Å²) in [5, 5.41) is 0.635. The van der Waals surface area contributed by atoms with Crippen molar-refractivity contribution in [3.05, 3.63) is 33.8 Å². The Labute approximate surface area is 148 Å². The minimum absolute atomic E-state index is 0.0361. The molecule has 24 heavy (non-hydrogen) atoms. The highest BCUT2D eigenvalue weighted by molar-refractivity contribution is 6.36. The number of carbonyl (C=O) groups is 3. The summed E-state index contributed by atoms with van der Waals surface area (Å²) >= 11 is 11.8. The molecule has 0 amide bonds. The quantitative estimate of drug-likeness (QED) is 0.603. The second kappa shape index (κ2) is 5.74. The molecule has 2 saturated carbocycles. The normalized spacial score (nSPS) is 32.8. The summed E-state index contributed by atoms with van der Waals surface area (Å²) in [5.41, 5.74) is 0.252. The van der Waals surface area contributed by atoms with Gasteiger partial charge < -0.3 is 9.47 Å². The van der Waals surface area contributed by atoms with E-state index in [1.54, 1.807) is 6.07 Å². The van der Waals surface area contributed by atoms with Crippen LogP contribution in [0.3, 0.4) is 0 Å². The number of fused-ring (bicyclic) bond motifs is 1. The van der Waals surface area contributed by atoms with Gasteiger partial charge in [-0.05, 0) is 37.0 Å². The number of benzene rings is 1. The fourth-order valence-electron chi connectivity index (χ4n) is 4.35. The number of halogens is 2. The van der Waals surface area contributed by atoms with E-state index in [9.17, 15) is 14.4 Å². The maximum atomic E-state index is 12.4. The van der Waals surface area contributed by atoms with Gasteiger partial charge in [-0.15, -0.1) is 0 Å². The topological polar surface area (TPSA) is 69.7 Å². The zero-order chi connectivity index (χ0) is 17.0. The van der Waals surface area contributed by atoms with Crippen molar-refractivity contribution < 1.29 is 23.9 Å². The number of rotatable bonds is 4. The van der Waals surface area contributed by atoms with E-state index in [4.69, 9.17) is 32.7 Å². The molecule has 0 spiro atoms. The molecule has 1 saturated heterocycles. The van der Waals surface area contributed by atoms with Gasteiger partial charge in [-0.25, -0.2) is 0 Å². The van der Waals surface area contributed by atoms with Crippen molar-refractivity contribution in [3.63, 3.8) is 0 Å². The summed E-state index contributed by atoms with van der Waals surface area (Å²) in [6.45, 7) is -0.404. The third kappa shape index (κ3) is 2.42. The zero-order valence-electron chi connectivity index (χ0n) is 12.5. The summed E-state index contributed by atoms with van der Waals surface area (Å²) in [7, 11) is 0. The third-order valence-electron chi connectivity index (χ3n) is 5.33. The first-order valence-corrected chi connectivity index (χ1v) is 8.56. The van der Waals surface area contributed by atoms with Gasteiger partial charge in [0.2, 0.25) is 5.78 Å². The Hall–Kier alpha value is -1.59. The Morgan fingerprint density at radius 2 is 2.04 bits per heavy atom. The summed E-state index contributed by atoms with van der Waals surface area (Å²) < 4.78 is 10.5. The monoisotopic (exact) mass is 368 g/mol. The summed E-state index contributed by atoms with van der Waals surface area (Å²) in [5.74, 6) is -1.87. The van der Waals surface area contributed by atoms with Crippen LogP contribution in [0.25, 0.3) is 0 Å². The van der Waals surface area contributed by atoms with Crippen LogP contribution in [0.4, 0.5) is 0 Å². The van der Waals surface area contributed by atoms with Gasteiger partial charge >= 0.3 is 11.9 Å². The van der Waals surface area contributed by atoms with Crippen LogP contribution in [0.1, 0.15) is 23.2 Å². The van der Waals surface area contributed by atoms with Gasteiger partial charge in [-0.3, -0.25) is 14.4 Å². The molecule has 0 N–H and O–H groups in total. The van der Waals surface area contributed by atoms with Crippen LogP contribution in [-0.2, 0) is 19.1 Å². The van der Waals surface area contributed by atoms with Crippen LogP contribution >= 0.6 is 23.2 Å². The van der Waals surface area contributed by atoms with E-state index < -0.39 is 30.2 Å². The van der Waals surface area contributed by atoms with Crippen molar-refractivity contribution in [1.82, 2.24) is 0 Å². The van der Waals surface area contributed by atoms with Crippen molar-refractivity contribution in [2.45, 2.75) is 18.9 Å². The Kier molecular flexibility index (Phi) is 3.81. The molecule has 126 valence electrons. The summed E-state index contributed by atoms with van der Waals surface area (Å²) in [6.07, 6.45) is 1.49. The van der Waals surface area contributed by atoms with E-state index in [1.807, 2.05) is 0 Å². The molecule has 5 nitrogen and oxygen atoms in total. The van der Waals surface area contributed by atoms with E-state index in [0.29, 0.717) is 11.4 Å². The molecule has 3 aliphatic rings. The van der Waals surface area contributed by atoms with E-state index >= 15 is 0 Å². The molecule has 0 unspecified atom stereocenters. The van der Waals surface area contributed by atoms with Crippen LogP contribution in [0, 0.1) is 23.7 Å². The first kappa shape index (κ1) is 15.9. The Bertz CT molecular complexity index is 744. The molecule has 1 aliphatic heterocycles. The van der Waals surface area contributed by atoms with Gasteiger partial charge in [0.1, 0.15) is 6.10 Å². The van der Waals surface area contributed by atoms with Crippen LogP contribution in [0.15, 0.2) is 18.2 Å². The molecule has 2 aliphatic carbocycles. The lowest BCUT2D eigenvalue weighted by molar-refractivity contribution is -0.154. The Balaban J connectivity index is 1.42. The largest absolute Gasteiger partial charge is 0.462 e.